The molecule has 6 aliphatic rings. The van der Waals surface area contributed by atoms with E-state index in [1.807, 2.05) is 225 Å². The topological polar surface area (TPSA) is 277 Å². The molecule has 0 amide bonds. The van der Waals surface area contributed by atoms with Crippen LogP contribution in [0.2, 0.25) is 0 Å². The van der Waals surface area contributed by atoms with Crippen molar-refractivity contribution in [2.24, 2.45) is 5.41 Å². The molecule has 6 fully saturated rings. The third-order valence-electron chi connectivity index (χ3n) is 19.9. The van der Waals surface area contributed by atoms with Crippen molar-refractivity contribution in [1.29, 1.82) is 0 Å². The van der Waals surface area contributed by atoms with Gasteiger partial charge in [0.2, 0.25) is 0 Å². The zero-order valence-electron chi connectivity index (χ0n) is 93.5. The van der Waals surface area contributed by atoms with Crippen LogP contribution in [0.15, 0.2) is 0 Å². The zero-order valence-corrected chi connectivity index (χ0v) is 113. The molecule has 0 aromatic carbocycles. The molecule has 0 aromatic heterocycles. The highest BCUT2D eigenvalue weighted by Crippen LogP contribution is 2.66. The van der Waals surface area contributed by atoms with Gasteiger partial charge in [0.1, 0.15) is 0 Å². The van der Waals surface area contributed by atoms with Gasteiger partial charge in [-0.05, 0) is 217 Å². The van der Waals surface area contributed by atoms with Crippen LogP contribution in [0.25, 0.3) is 0 Å². The maximum absolute atomic E-state index is 13.9. The molecule has 0 radical (unpaired) electrons. The predicted molar refractivity (Wildman–Crippen MR) is 628 cm³/mol. The first-order valence-electron chi connectivity index (χ1n) is 50.8. The third-order valence-corrected chi connectivity index (χ3v) is 46.7. The molecule has 0 saturated carbocycles. The van der Waals surface area contributed by atoms with Gasteiger partial charge in [0, 0.05) is 257 Å². The van der Waals surface area contributed by atoms with E-state index in [1.165, 1.54) is 0 Å². The Hall–Kier alpha value is 5.02. The van der Waals surface area contributed by atoms with Crippen molar-refractivity contribution < 1.29 is 77.4 Å². The molecule has 0 aliphatic carbocycles. The van der Waals surface area contributed by atoms with E-state index in [9.17, 15) is 36.5 Å². The second-order valence-electron chi connectivity index (χ2n) is 43.4. The monoisotopic (exact) mass is 2630 g/mol. The fourth-order valence-corrected chi connectivity index (χ4v) is 41.5. The summed E-state index contributed by atoms with van der Waals surface area (Å²) < 4.78 is 185. The van der Waals surface area contributed by atoms with Crippen LogP contribution in [0.1, 0.15) is 267 Å². The van der Waals surface area contributed by atoms with Crippen LogP contribution in [0.3, 0.4) is 0 Å². The number of nitrogens with one attached hydrogen (secondary N) is 1. The van der Waals surface area contributed by atoms with E-state index >= 15 is 0 Å². The lowest BCUT2D eigenvalue weighted by Crippen LogP contribution is -2.43. The van der Waals surface area contributed by atoms with E-state index in [1.54, 1.807) is 0 Å². The van der Waals surface area contributed by atoms with Crippen LogP contribution < -0.4 is 5.09 Å². The van der Waals surface area contributed by atoms with E-state index in [2.05, 4.69) is 154 Å². The molecule has 51 heteroatoms. The first-order valence-corrected chi connectivity index (χ1v) is 72.1. The molecule has 6 aliphatic heterocycles. The molecule has 0 spiro atoms. The molecule has 3 atom stereocenters. The minimum Gasteiger partial charge on any atom is -0.379 e. The van der Waals surface area contributed by atoms with Gasteiger partial charge in [-0.2, -0.15) is 0 Å². The zero-order chi connectivity index (χ0) is 110. The minimum absolute atomic E-state index is 0.0240. The molecule has 6 saturated heterocycles. The predicted octanol–water partition coefficient (Wildman–Crippen LogP) is 28.2. The molecule has 142 heavy (non-hydrogen) atoms. The lowest BCUT2D eigenvalue weighted by Gasteiger charge is -2.44. The molecule has 0 bridgehead atoms. The molecule has 6 heterocycles. The lowest BCUT2D eigenvalue weighted by atomic mass is 9.99. The van der Waals surface area contributed by atoms with Gasteiger partial charge >= 0.3 is 53.7 Å². The Morgan fingerprint density at radius 3 is 0.972 bits per heavy atom. The van der Waals surface area contributed by atoms with Crippen LogP contribution in [0, 0.1) is 5.41 Å². The van der Waals surface area contributed by atoms with E-state index < -0.39 is 89.2 Å². The smallest absolute Gasteiger partial charge is 0.346 e. The van der Waals surface area contributed by atoms with Crippen LogP contribution in [0.4, 0.5) is 0 Å². The Kier molecular flexibility index (Phi) is 75.2. The van der Waals surface area contributed by atoms with Crippen LogP contribution in [0.5, 0.6) is 0 Å². The van der Waals surface area contributed by atoms with Gasteiger partial charge in [-0.3, -0.25) is 36.5 Å². The van der Waals surface area contributed by atoms with Gasteiger partial charge in [0.05, 0.1) is 59.0 Å². The second-order valence-corrected chi connectivity index (χ2v) is 68.0. The molecule has 856 valence electrons. The normalized spacial score (nSPS) is 19.6. The quantitative estimate of drug-likeness (QED) is 0.0336. The summed E-state index contributed by atoms with van der Waals surface area (Å²) in [4.78, 5) is 0. The van der Waals surface area contributed by atoms with Crippen molar-refractivity contribution in [2.45, 2.75) is 318 Å². The number of rotatable bonds is 51. The molecular formula is C91H198Br5Cl6N15O17P8. The summed E-state index contributed by atoms with van der Waals surface area (Å²) in [5.74, 6) is 2.70. The highest BCUT2D eigenvalue weighted by molar-refractivity contribution is 9.09. The fourth-order valence-electron chi connectivity index (χ4n) is 14.4. The third kappa shape index (κ3) is 58.4. The van der Waals surface area contributed by atoms with Crippen molar-refractivity contribution in [2.75, 3.05) is 265 Å². The summed E-state index contributed by atoms with van der Waals surface area (Å²) in [5, 5.41) is 7.08. The van der Waals surface area contributed by atoms with Crippen LogP contribution in [-0.4, -0.2) is 381 Å². The summed E-state index contributed by atoms with van der Waals surface area (Å²) in [6.07, 6.45) is 6.29. The largest absolute Gasteiger partial charge is 0.379 e. The average Bonchev–Trinajstić information content (AvgIpc) is 1.61. The highest BCUT2D eigenvalue weighted by Gasteiger charge is 2.53. The molecule has 32 nitrogen and oxygen atoms in total. The van der Waals surface area contributed by atoms with E-state index in [0.29, 0.717) is 140 Å². The summed E-state index contributed by atoms with van der Waals surface area (Å²) in [6.45, 7) is 86.7. The number of nitrogens with zero attached hydrogens (tertiary/aromatic N) is 14. The summed E-state index contributed by atoms with van der Waals surface area (Å²) in [6, 6.07) is 0.305. The van der Waals surface area contributed by atoms with E-state index in [4.69, 9.17) is 111 Å². The SMILES string of the molecule is CC(C)(C)OP(=O)(N1CC1)N1CC1.CC(C)(C)OP1(=O)N(CCBr)CCCN1CCBr.CC(C)(C)OP1(=O)N(CCCl)CCCN1CCCl.CC(C)(C)OP1(=O)N(CCCl)CCN1CCCl.CC(C)N(CCBr)P(=O)(OCC(C)(C)C)N(CCBr)C(C)C.CCCN(CC)P(=O)(OC(C)(C)C)N(CC)CCCl.CCCN(CCCl)P(=O)(OC(C)(C)C)N1CCOCC1.CCCNP(=O)(CCCBr)OC(C)(C)C. The number of halogens is 11. The van der Waals surface area contributed by atoms with Crippen molar-refractivity contribution in [3.05, 3.63) is 0 Å². The van der Waals surface area contributed by atoms with Gasteiger partial charge < -0.3 is 40.9 Å². The highest BCUT2D eigenvalue weighted by atomic mass is 79.9. The Bertz CT molecular complexity index is 3590. The standard InChI is InChI=1S/C15H33Br2N2O2P.C13H28ClN2O3P.C13H30ClN2O2P.C11H23Br2N2O2P.C11H23Cl2N2O2P.C10H23BrNO2P.C10H21Cl2N2O2P.C8H17N2O2P/c1-13(2)18(10-8-16)22(20,21-12-15(5,6)7)19(11-9-17)14(3)4;1-5-7-15(8-6-14)20(17,19-13(2,3)4)16-9-11-18-12-10-16;1-7-11-15(8-2)19(17,18-13(4,5)6)16(9-3)12-10-14;2*1-11(2,3)17-18(16)14(9-5-12)7-4-8-15(18)10-6-13;1-5-8-12-15(13,9-6-7-11)14-10(2,3)4;1-10(2,3)16-17(15)13(6-4-11)8-9-14(17)7-5-12;1-8(2,3)12-13(11,9-4-5-9)10-6-7-10/h13-14H,8-12H2,1-7H3;5-12H2,1-4H3;7-12H2,1-6H3;2*4-10H2,1-3H3;5-9H2,1-4H3,(H,12,13);4-9H2,1-3H3;4-7H2,1-3H3. The van der Waals surface area contributed by atoms with Crippen LogP contribution >= 0.6 is 210 Å². The Labute approximate surface area is 938 Å². The maximum Gasteiger partial charge on any atom is 0.346 e. The van der Waals surface area contributed by atoms with Crippen molar-refractivity contribution >= 4 is 210 Å². The molecule has 1 N–H and O–H groups in total. The lowest BCUT2D eigenvalue weighted by molar-refractivity contribution is 0.0403. The van der Waals surface area contributed by atoms with Gasteiger partial charge in [0.25, 0.3) is 7.52 Å². The van der Waals surface area contributed by atoms with Crippen LogP contribution in [-0.2, 0) is 77.4 Å². The summed E-state index contributed by atoms with van der Waals surface area (Å²) >= 11 is 52.0. The Morgan fingerprint density at radius 2 is 0.697 bits per heavy atom. The molecule has 0 aromatic rings. The molecule has 6 rings (SSSR count). The average molecular weight is 2630 g/mol. The Morgan fingerprint density at radius 1 is 0.366 bits per heavy atom. The molecule has 3 unspecified atom stereocenters. The fraction of sp³-hybridized carbons (Fsp3) is 1.00. The van der Waals surface area contributed by atoms with Gasteiger partial charge in [-0.25, -0.2) is 70.5 Å². The number of hydrogen-bond donors (Lipinski definition) is 1. The first kappa shape index (κ1) is 149. The van der Waals surface area contributed by atoms with Crippen molar-refractivity contribution in [3.8, 4) is 0 Å². The van der Waals surface area contributed by atoms with E-state index in [-0.39, 0.29) is 28.7 Å². The van der Waals surface area contributed by atoms with Gasteiger partial charge in [-0.15, -0.1) is 69.6 Å². The summed E-state index contributed by atoms with van der Waals surface area (Å²) in [7, 11) is -23.2. The second kappa shape index (κ2) is 71.7. The van der Waals surface area contributed by atoms with E-state index in [0.717, 1.165) is 163 Å². The van der Waals surface area contributed by atoms with Crippen molar-refractivity contribution in [3.63, 3.8) is 0 Å². The maximum atomic E-state index is 13.9. The molecular weight excluding hydrogens is 2440 g/mol. The van der Waals surface area contributed by atoms with Gasteiger partial charge in [-0.1, -0.05) is 135 Å². The van der Waals surface area contributed by atoms with Gasteiger partial charge in [0.15, 0.2) is 0 Å². The van der Waals surface area contributed by atoms with Crippen molar-refractivity contribution in [1.82, 2.24) is 70.5 Å². The summed E-state index contributed by atoms with van der Waals surface area (Å²) in [5.41, 5.74) is -2.92. The number of hydrogen-bond acceptors (Lipinski definition) is 17. The Balaban J connectivity index is 0. The number of ether oxygens (including phenoxy) is 1. The first-order chi connectivity index (χ1) is 65.3. The number of alkyl halides is 11. The minimum atomic E-state index is -3.07. The number of morpholine rings is 1.